The second kappa shape index (κ2) is 6.61. The molecular weight excluding hydrogens is 244 g/mol. The maximum atomic E-state index is 11.5. The fraction of sp³-hybridized carbons (Fsp3) is 0.636. The van der Waals surface area contributed by atoms with E-state index >= 15 is 0 Å². The molecule has 17 heavy (non-hydrogen) atoms. The number of carbonyl (C=O) groups is 1. The number of aliphatic hydroxyl groups is 1. The van der Waals surface area contributed by atoms with Gasteiger partial charge in [0, 0.05) is 25.1 Å². The minimum Gasteiger partial charge on any atom is -0.396 e. The van der Waals surface area contributed by atoms with Gasteiger partial charge in [0.05, 0.1) is 5.69 Å². The quantitative estimate of drug-likeness (QED) is 0.809. The number of hydrogen-bond acceptors (Lipinski definition) is 4. The smallest absolute Gasteiger partial charge is 0.229 e. The second-order valence-corrected chi connectivity index (χ2v) is 4.46. The Morgan fingerprint density at radius 1 is 1.65 bits per heavy atom. The molecule has 1 unspecified atom stereocenters. The first-order chi connectivity index (χ1) is 8.04. The first-order valence-corrected chi connectivity index (χ1v) is 5.90. The van der Waals surface area contributed by atoms with Crippen LogP contribution in [0.1, 0.15) is 24.6 Å². The summed E-state index contributed by atoms with van der Waals surface area (Å²) in [5, 5.41) is 15.5. The van der Waals surface area contributed by atoms with Crippen molar-refractivity contribution in [2.75, 3.05) is 13.2 Å². The van der Waals surface area contributed by atoms with Crippen LogP contribution in [-0.4, -0.2) is 29.3 Å². The molecule has 0 radical (unpaired) electrons. The molecular formula is C11H17ClN2O3. The number of amides is 1. The van der Waals surface area contributed by atoms with Crippen LogP contribution in [0, 0.1) is 12.8 Å². The topological polar surface area (TPSA) is 75.4 Å². The van der Waals surface area contributed by atoms with Crippen molar-refractivity contribution in [3.05, 3.63) is 16.5 Å². The number of rotatable bonds is 6. The molecule has 0 saturated carbocycles. The monoisotopic (exact) mass is 260 g/mol. The molecule has 6 heteroatoms. The van der Waals surface area contributed by atoms with Gasteiger partial charge in [0.15, 0.2) is 0 Å². The average molecular weight is 261 g/mol. The summed E-state index contributed by atoms with van der Waals surface area (Å²) < 4.78 is 4.79. The fourth-order valence-corrected chi connectivity index (χ4v) is 1.59. The molecule has 2 N–H and O–H groups in total. The third-order valence-corrected chi connectivity index (χ3v) is 2.80. The van der Waals surface area contributed by atoms with E-state index in [1.54, 1.807) is 6.92 Å². The molecule has 0 bridgehead atoms. The van der Waals surface area contributed by atoms with Crippen molar-refractivity contribution >= 4 is 17.5 Å². The Balaban J connectivity index is 2.33. The SMILES string of the molecule is Cc1noc(Cl)c1CCC(=O)NCC(C)CO. The largest absolute Gasteiger partial charge is 0.396 e. The van der Waals surface area contributed by atoms with Crippen LogP contribution in [0.4, 0.5) is 0 Å². The summed E-state index contributed by atoms with van der Waals surface area (Å²) in [5.74, 6) is 0.00170. The molecule has 0 aliphatic rings. The Kier molecular flexibility index (Phi) is 5.44. The van der Waals surface area contributed by atoms with Gasteiger partial charge < -0.3 is 14.9 Å². The molecule has 1 atom stereocenters. The number of carbonyl (C=O) groups excluding carboxylic acids is 1. The number of nitrogens with zero attached hydrogens (tertiary/aromatic N) is 1. The molecule has 0 aromatic carbocycles. The minimum atomic E-state index is -0.0676. The van der Waals surface area contributed by atoms with Crippen LogP contribution in [0.5, 0.6) is 0 Å². The van der Waals surface area contributed by atoms with Gasteiger partial charge in [-0.2, -0.15) is 0 Å². The van der Waals surface area contributed by atoms with Crippen LogP contribution in [0.3, 0.4) is 0 Å². The van der Waals surface area contributed by atoms with Gasteiger partial charge >= 0.3 is 0 Å². The Hall–Kier alpha value is -1.07. The van der Waals surface area contributed by atoms with Crippen LogP contribution < -0.4 is 5.32 Å². The Labute approximate surface area is 105 Å². The normalized spacial score (nSPS) is 12.5. The van der Waals surface area contributed by atoms with E-state index in [1.807, 2.05) is 6.92 Å². The molecule has 1 amide bonds. The number of halogens is 1. The van der Waals surface area contributed by atoms with Crippen molar-refractivity contribution in [1.29, 1.82) is 0 Å². The summed E-state index contributed by atoms with van der Waals surface area (Å²) in [4.78, 5) is 11.5. The molecule has 5 nitrogen and oxygen atoms in total. The lowest BCUT2D eigenvalue weighted by atomic mass is 10.1. The highest BCUT2D eigenvalue weighted by Gasteiger charge is 2.12. The standard InChI is InChI=1S/C11H17ClN2O3/c1-7(6-15)5-13-10(16)4-3-9-8(2)14-17-11(9)12/h7,15H,3-6H2,1-2H3,(H,13,16). The lowest BCUT2D eigenvalue weighted by Crippen LogP contribution is -2.29. The molecule has 1 rings (SSSR count). The highest BCUT2D eigenvalue weighted by Crippen LogP contribution is 2.20. The van der Waals surface area contributed by atoms with Gasteiger partial charge in [-0.25, -0.2) is 0 Å². The molecule has 0 saturated heterocycles. The van der Waals surface area contributed by atoms with Gasteiger partial charge in [-0.05, 0) is 30.9 Å². The van der Waals surface area contributed by atoms with Crippen LogP contribution in [-0.2, 0) is 11.2 Å². The summed E-state index contributed by atoms with van der Waals surface area (Å²) in [6.45, 7) is 4.19. The Morgan fingerprint density at radius 3 is 2.88 bits per heavy atom. The zero-order valence-electron chi connectivity index (χ0n) is 9.99. The van der Waals surface area contributed by atoms with E-state index < -0.39 is 0 Å². The third-order valence-electron chi connectivity index (χ3n) is 2.50. The van der Waals surface area contributed by atoms with Crippen LogP contribution in [0.25, 0.3) is 0 Å². The fourth-order valence-electron chi connectivity index (χ4n) is 1.32. The van der Waals surface area contributed by atoms with Crippen LogP contribution in [0.2, 0.25) is 5.22 Å². The third kappa shape index (κ3) is 4.36. The summed E-state index contributed by atoms with van der Waals surface area (Å²) in [6, 6.07) is 0. The lowest BCUT2D eigenvalue weighted by Gasteiger charge is -2.09. The molecule has 0 fully saturated rings. The minimum absolute atomic E-state index is 0.0663. The summed E-state index contributed by atoms with van der Waals surface area (Å²) >= 11 is 5.78. The van der Waals surface area contributed by atoms with E-state index in [0.717, 1.165) is 5.56 Å². The van der Waals surface area contributed by atoms with Crippen molar-refractivity contribution < 1.29 is 14.4 Å². The Morgan fingerprint density at radius 2 is 2.35 bits per heavy atom. The predicted octanol–water partition coefficient (Wildman–Crippen LogP) is 1.31. The zero-order valence-corrected chi connectivity index (χ0v) is 10.8. The van der Waals surface area contributed by atoms with Crippen molar-refractivity contribution in [3.63, 3.8) is 0 Å². The number of aliphatic hydroxyl groups excluding tert-OH is 1. The van der Waals surface area contributed by atoms with Crippen LogP contribution >= 0.6 is 11.6 Å². The van der Waals surface area contributed by atoms with E-state index in [9.17, 15) is 4.79 Å². The van der Waals surface area contributed by atoms with Crippen molar-refractivity contribution in [2.45, 2.75) is 26.7 Å². The van der Waals surface area contributed by atoms with Gasteiger partial charge in [0.1, 0.15) is 0 Å². The first kappa shape index (κ1) is 14.0. The van der Waals surface area contributed by atoms with Crippen LogP contribution in [0.15, 0.2) is 4.52 Å². The highest BCUT2D eigenvalue weighted by atomic mass is 35.5. The van der Waals surface area contributed by atoms with E-state index in [0.29, 0.717) is 25.1 Å². The van der Waals surface area contributed by atoms with Crippen molar-refractivity contribution in [3.8, 4) is 0 Å². The van der Waals surface area contributed by atoms with Gasteiger partial charge in [-0.15, -0.1) is 0 Å². The number of aromatic nitrogens is 1. The maximum absolute atomic E-state index is 11.5. The number of aryl methyl sites for hydroxylation is 1. The summed E-state index contributed by atoms with van der Waals surface area (Å²) in [5.41, 5.74) is 1.49. The summed E-state index contributed by atoms with van der Waals surface area (Å²) in [6.07, 6.45) is 0.841. The predicted molar refractivity (Wildman–Crippen MR) is 63.8 cm³/mol. The number of hydrogen-bond donors (Lipinski definition) is 2. The molecule has 1 aromatic heterocycles. The van der Waals surface area contributed by atoms with Gasteiger partial charge in [0.2, 0.25) is 11.1 Å². The van der Waals surface area contributed by atoms with Crippen molar-refractivity contribution in [2.24, 2.45) is 5.92 Å². The molecule has 1 aromatic rings. The molecule has 0 aliphatic carbocycles. The van der Waals surface area contributed by atoms with E-state index in [1.165, 1.54) is 0 Å². The van der Waals surface area contributed by atoms with Gasteiger partial charge in [-0.1, -0.05) is 12.1 Å². The highest BCUT2D eigenvalue weighted by molar-refractivity contribution is 6.29. The first-order valence-electron chi connectivity index (χ1n) is 5.52. The van der Waals surface area contributed by atoms with E-state index in [4.69, 9.17) is 21.2 Å². The zero-order chi connectivity index (χ0) is 12.8. The maximum Gasteiger partial charge on any atom is 0.229 e. The van der Waals surface area contributed by atoms with Gasteiger partial charge in [-0.3, -0.25) is 4.79 Å². The van der Waals surface area contributed by atoms with Crippen molar-refractivity contribution in [1.82, 2.24) is 10.5 Å². The summed E-state index contributed by atoms with van der Waals surface area (Å²) in [7, 11) is 0. The molecule has 0 aliphatic heterocycles. The number of nitrogens with one attached hydrogen (secondary N) is 1. The molecule has 1 heterocycles. The van der Waals surface area contributed by atoms with E-state index in [2.05, 4.69) is 10.5 Å². The lowest BCUT2D eigenvalue weighted by molar-refractivity contribution is -0.121. The van der Waals surface area contributed by atoms with E-state index in [-0.39, 0.29) is 23.7 Å². The average Bonchev–Trinajstić information content (AvgIpc) is 2.63. The molecule has 96 valence electrons. The Bertz CT molecular complexity index is 359. The molecule has 0 spiro atoms. The van der Waals surface area contributed by atoms with Gasteiger partial charge in [0.25, 0.3) is 0 Å². The second-order valence-electron chi connectivity index (χ2n) is 4.11.